The van der Waals surface area contributed by atoms with Crippen LogP contribution in [0.2, 0.25) is 5.02 Å². The van der Waals surface area contributed by atoms with E-state index in [4.69, 9.17) is 11.6 Å². The van der Waals surface area contributed by atoms with Gasteiger partial charge in [0, 0.05) is 12.5 Å². The van der Waals surface area contributed by atoms with E-state index in [1.54, 1.807) is 31.2 Å². The van der Waals surface area contributed by atoms with Crippen LogP contribution < -0.4 is 10.6 Å². The summed E-state index contributed by atoms with van der Waals surface area (Å²) in [7, 11) is 0. The SMILES string of the molecule is C[C@H](NC(=O)c1ccccc1Cl)C(=O)NCCC(c1ccccc1)c1ccccc1. The van der Waals surface area contributed by atoms with Crippen molar-refractivity contribution in [2.75, 3.05) is 6.54 Å². The molecule has 3 aromatic carbocycles. The first-order valence-corrected chi connectivity index (χ1v) is 10.4. The van der Waals surface area contributed by atoms with Gasteiger partial charge in [-0.3, -0.25) is 9.59 Å². The number of carbonyl (C=O) groups is 2. The second-order valence-corrected chi connectivity index (χ2v) is 7.54. The minimum atomic E-state index is -0.666. The van der Waals surface area contributed by atoms with Gasteiger partial charge in [0.2, 0.25) is 5.91 Å². The minimum Gasteiger partial charge on any atom is -0.354 e. The molecule has 0 aliphatic carbocycles. The van der Waals surface area contributed by atoms with Crippen molar-refractivity contribution in [2.24, 2.45) is 0 Å². The molecule has 0 fully saturated rings. The number of benzene rings is 3. The molecule has 0 radical (unpaired) electrons. The molecule has 0 bridgehead atoms. The Bertz CT molecular complexity index is 937. The van der Waals surface area contributed by atoms with Crippen LogP contribution >= 0.6 is 11.6 Å². The van der Waals surface area contributed by atoms with Gasteiger partial charge >= 0.3 is 0 Å². The molecule has 3 aromatic rings. The fraction of sp³-hybridized carbons (Fsp3) is 0.200. The average molecular weight is 421 g/mol. The van der Waals surface area contributed by atoms with Crippen molar-refractivity contribution in [1.29, 1.82) is 0 Å². The van der Waals surface area contributed by atoms with E-state index in [1.807, 2.05) is 36.4 Å². The monoisotopic (exact) mass is 420 g/mol. The maximum absolute atomic E-state index is 12.5. The van der Waals surface area contributed by atoms with Crippen LogP contribution in [0.25, 0.3) is 0 Å². The van der Waals surface area contributed by atoms with E-state index in [2.05, 4.69) is 34.9 Å². The first-order valence-electron chi connectivity index (χ1n) is 9.99. The molecule has 154 valence electrons. The fourth-order valence-electron chi connectivity index (χ4n) is 3.37. The summed E-state index contributed by atoms with van der Waals surface area (Å²) < 4.78 is 0. The average Bonchev–Trinajstić information content (AvgIpc) is 2.78. The Morgan fingerprint density at radius 3 is 1.93 bits per heavy atom. The van der Waals surface area contributed by atoms with Crippen molar-refractivity contribution < 1.29 is 9.59 Å². The molecule has 2 N–H and O–H groups in total. The van der Waals surface area contributed by atoms with E-state index in [1.165, 1.54) is 11.1 Å². The molecule has 0 aliphatic rings. The number of rotatable bonds is 8. The van der Waals surface area contributed by atoms with Gasteiger partial charge in [0.15, 0.2) is 0 Å². The predicted molar refractivity (Wildman–Crippen MR) is 121 cm³/mol. The second-order valence-electron chi connectivity index (χ2n) is 7.13. The summed E-state index contributed by atoms with van der Waals surface area (Å²) in [5, 5.41) is 6.00. The summed E-state index contributed by atoms with van der Waals surface area (Å²) >= 11 is 6.06. The van der Waals surface area contributed by atoms with Crippen molar-refractivity contribution in [3.05, 3.63) is 107 Å². The Hall–Kier alpha value is -3.11. The Balaban J connectivity index is 1.57. The maximum atomic E-state index is 12.5. The van der Waals surface area contributed by atoms with Crippen LogP contribution in [0.4, 0.5) is 0 Å². The van der Waals surface area contributed by atoms with Gasteiger partial charge in [0.1, 0.15) is 6.04 Å². The molecule has 2 amide bonds. The first kappa shape index (κ1) is 21.6. The highest BCUT2D eigenvalue weighted by Gasteiger charge is 2.19. The van der Waals surface area contributed by atoms with Gasteiger partial charge in [0.25, 0.3) is 5.91 Å². The summed E-state index contributed by atoms with van der Waals surface area (Å²) in [6.07, 6.45) is 0.755. The number of carbonyl (C=O) groups excluding carboxylic acids is 2. The largest absolute Gasteiger partial charge is 0.354 e. The summed E-state index contributed by atoms with van der Waals surface area (Å²) in [6.45, 7) is 2.16. The summed E-state index contributed by atoms with van der Waals surface area (Å²) in [6, 6.07) is 26.6. The number of nitrogens with one attached hydrogen (secondary N) is 2. The molecule has 5 heteroatoms. The Kier molecular flexibility index (Phi) is 7.63. The zero-order valence-electron chi connectivity index (χ0n) is 16.8. The Morgan fingerprint density at radius 1 is 0.833 bits per heavy atom. The number of amides is 2. The minimum absolute atomic E-state index is 0.181. The van der Waals surface area contributed by atoms with Crippen LogP contribution in [0.5, 0.6) is 0 Å². The van der Waals surface area contributed by atoms with E-state index in [0.717, 1.165) is 6.42 Å². The lowest BCUT2D eigenvalue weighted by Gasteiger charge is -2.20. The summed E-state index contributed by atoms with van der Waals surface area (Å²) in [5.74, 6) is -0.411. The smallest absolute Gasteiger partial charge is 0.253 e. The van der Waals surface area contributed by atoms with Crippen molar-refractivity contribution in [3.63, 3.8) is 0 Å². The molecule has 0 unspecified atom stereocenters. The third kappa shape index (κ3) is 5.71. The molecular formula is C25H25ClN2O2. The Morgan fingerprint density at radius 2 is 1.37 bits per heavy atom. The molecule has 30 heavy (non-hydrogen) atoms. The quantitative estimate of drug-likeness (QED) is 0.550. The molecule has 1 atom stereocenters. The zero-order valence-corrected chi connectivity index (χ0v) is 17.6. The second kappa shape index (κ2) is 10.6. The van der Waals surface area contributed by atoms with Crippen LogP contribution in [0.3, 0.4) is 0 Å². The van der Waals surface area contributed by atoms with E-state index in [-0.39, 0.29) is 17.7 Å². The van der Waals surface area contributed by atoms with Gasteiger partial charge in [-0.2, -0.15) is 0 Å². The van der Waals surface area contributed by atoms with E-state index < -0.39 is 6.04 Å². The van der Waals surface area contributed by atoms with Crippen LogP contribution in [-0.2, 0) is 4.79 Å². The number of hydrogen-bond acceptors (Lipinski definition) is 2. The van der Waals surface area contributed by atoms with Gasteiger partial charge in [-0.05, 0) is 36.6 Å². The standard InChI is InChI=1S/C25H25ClN2O2/c1-18(28-25(30)22-14-8-9-15-23(22)26)24(29)27-17-16-21(19-10-4-2-5-11-19)20-12-6-3-7-13-20/h2-15,18,21H,16-17H2,1H3,(H,27,29)(H,28,30)/t18-/m0/s1. The molecule has 0 heterocycles. The molecule has 0 saturated heterocycles. The summed E-state index contributed by atoms with van der Waals surface area (Å²) in [5.41, 5.74) is 2.77. The van der Waals surface area contributed by atoms with Crippen molar-refractivity contribution in [2.45, 2.75) is 25.3 Å². The highest BCUT2D eigenvalue weighted by atomic mass is 35.5. The van der Waals surface area contributed by atoms with Crippen LogP contribution in [-0.4, -0.2) is 24.4 Å². The summed E-state index contributed by atoms with van der Waals surface area (Å²) in [4.78, 5) is 24.8. The highest BCUT2D eigenvalue weighted by molar-refractivity contribution is 6.33. The third-order valence-corrected chi connectivity index (χ3v) is 5.33. The van der Waals surface area contributed by atoms with Gasteiger partial charge < -0.3 is 10.6 Å². The van der Waals surface area contributed by atoms with Crippen LogP contribution in [0.1, 0.15) is 40.7 Å². The van der Waals surface area contributed by atoms with Crippen molar-refractivity contribution >= 4 is 23.4 Å². The lowest BCUT2D eigenvalue weighted by molar-refractivity contribution is -0.122. The Labute approximate surface area is 182 Å². The topological polar surface area (TPSA) is 58.2 Å². The van der Waals surface area contributed by atoms with E-state index in [9.17, 15) is 9.59 Å². The number of halogens is 1. The molecule has 4 nitrogen and oxygen atoms in total. The molecular weight excluding hydrogens is 396 g/mol. The van der Waals surface area contributed by atoms with Crippen LogP contribution in [0, 0.1) is 0 Å². The lowest BCUT2D eigenvalue weighted by atomic mass is 9.88. The zero-order chi connectivity index (χ0) is 21.3. The van der Waals surface area contributed by atoms with Gasteiger partial charge in [-0.1, -0.05) is 84.4 Å². The highest BCUT2D eigenvalue weighted by Crippen LogP contribution is 2.27. The maximum Gasteiger partial charge on any atom is 0.253 e. The van der Waals surface area contributed by atoms with Gasteiger partial charge in [-0.25, -0.2) is 0 Å². The van der Waals surface area contributed by atoms with Crippen LogP contribution in [0.15, 0.2) is 84.9 Å². The third-order valence-electron chi connectivity index (χ3n) is 5.00. The van der Waals surface area contributed by atoms with Gasteiger partial charge in [0.05, 0.1) is 10.6 Å². The molecule has 0 spiro atoms. The fourth-order valence-corrected chi connectivity index (χ4v) is 3.60. The molecule has 0 saturated carbocycles. The van der Waals surface area contributed by atoms with Gasteiger partial charge in [-0.15, -0.1) is 0 Å². The van der Waals surface area contributed by atoms with E-state index in [0.29, 0.717) is 17.1 Å². The van der Waals surface area contributed by atoms with E-state index >= 15 is 0 Å². The first-order chi connectivity index (χ1) is 14.6. The molecule has 0 aromatic heterocycles. The molecule has 0 aliphatic heterocycles. The predicted octanol–water partition coefficient (Wildman–Crippen LogP) is 4.80. The van der Waals surface area contributed by atoms with Crippen molar-refractivity contribution in [1.82, 2.24) is 10.6 Å². The lowest BCUT2D eigenvalue weighted by Crippen LogP contribution is -2.45. The van der Waals surface area contributed by atoms with Crippen molar-refractivity contribution in [3.8, 4) is 0 Å². The normalized spacial score (nSPS) is 11.7. The number of hydrogen-bond donors (Lipinski definition) is 2. The molecule has 3 rings (SSSR count).